The van der Waals surface area contributed by atoms with Gasteiger partial charge in [-0.05, 0) is 25.5 Å². The fourth-order valence-electron chi connectivity index (χ4n) is 1.75. The minimum Gasteiger partial charge on any atom is -0.385 e. The topological polar surface area (TPSA) is 102 Å². The molecule has 21 heavy (non-hydrogen) atoms. The summed E-state index contributed by atoms with van der Waals surface area (Å²) in [5.74, 6) is 0.0680. The summed E-state index contributed by atoms with van der Waals surface area (Å²) in [6, 6.07) is 6.25. The van der Waals surface area contributed by atoms with Crippen LogP contribution in [0.1, 0.15) is 19.8 Å². The molecule has 116 valence electrons. The molecule has 0 spiro atoms. The fourth-order valence-corrected chi connectivity index (χ4v) is 1.75. The molecule has 0 aliphatic carbocycles. The molecule has 0 saturated carbocycles. The van der Waals surface area contributed by atoms with Crippen molar-refractivity contribution in [2.45, 2.75) is 25.8 Å². The first-order chi connectivity index (χ1) is 9.95. The summed E-state index contributed by atoms with van der Waals surface area (Å²) in [6.45, 7) is 2.99. The maximum atomic E-state index is 11.8. The molecular weight excluding hydrogens is 272 g/mol. The number of anilines is 1. The van der Waals surface area contributed by atoms with Crippen LogP contribution in [0.15, 0.2) is 24.3 Å². The molecule has 7 heteroatoms. The quantitative estimate of drug-likeness (QED) is 0.431. The largest absolute Gasteiger partial charge is 0.385 e. The van der Waals surface area contributed by atoms with Crippen LogP contribution in [-0.4, -0.2) is 41.9 Å². The Morgan fingerprint density at radius 1 is 1.43 bits per heavy atom. The molecule has 1 aromatic carbocycles. The zero-order chi connectivity index (χ0) is 15.8. The molecular formula is C14H22N4O3. The molecule has 1 atom stereocenters. The molecule has 0 heterocycles. The van der Waals surface area contributed by atoms with E-state index in [4.69, 9.17) is 5.73 Å². The lowest BCUT2D eigenvalue weighted by atomic mass is 10.2. The highest BCUT2D eigenvalue weighted by atomic mass is 16.6. The molecule has 3 N–H and O–H groups in total. The maximum Gasteiger partial charge on any atom is 0.269 e. The average Bonchev–Trinajstić information content (AvgIpc) is 2.50. The zero-order valence-corrected chi connectivity index (χ0v) is 12.4. The van der Waals surface area contributed by atoms with Crippen LogP contribution >= 0.6 is 0 Å². The smallest absolute Gasteiger partial charge is 0.269 e. The van der Waals surface area contributed by atoms with Crippen molar-refractivity contribution in [1.82, 2.24) is 4.90 Å². The molecule has 0 fully saturated rings. The molecule has 0 bridgehead atoms. The lowest BCUT2D eigenvalue weighted by molar-refractivity contribution is -0.384. The van der Waals surface area contributed by atoms with E-state index in [0.29, 0.717) is 25.9 Å². The molecule has 0 saturated heterocycles. The fraction of sp³-hybridized carbons (Fsp3) is 0.500. The maximum absolute atomic E-state index is 11.8. The van der Waals surface area contributed by atoms with Gasteiger partial charge in [0, 0.05) is 50.4 Å². The van der Waals surface area contributed by atoms with Gasteiger partial charge in [0.05, 0.1) is 4.92 Å². The SMILES string of the molecule is CC(CN)N(C)C(=O)CCCNc1ccc([N+](=O)[O-])cc1. The Morgan fingerprint density at radius 2 is 2.05 bits per heavy atom. The van der Waals surface area contributed by atoms with Crippen LogP contribution in [-0.2, 0) is 4.79 Å². The number of nitro groups is 1. The van der Waals surface area contributed by atoms with Gasteiger partial charge in [-0.15, -0.1) is 0 Å². The van der Waals surface area contributed by atoms with Crippen LogP contribution in [0, 0.1) is 10.1 Å². The average molecular weight is 294 g/mol. The van der Waals surface area contributed by atoms with Crippen LogP contribution in [0.25, 0.3) is 0 Å². The Kier molecular flexibility index (Phi) is 6.61. The Hall–Kier alpha value is -2.15. The van der Waals surface area contributed by atoms with Crippen LogP contribution in [0.3, 0.4) is 0 Å². The summed E-state index contributed by atoms with van der Waals surface area (Å²) < 4.78 is 0. The van der Waals surface area contributed by atoms with Gasteiger partial charge in [0.25, 0.3) is 5.69 Å². The summed E-state index contributed by atoms with van der Waals surface area (Å²) >= 11 is 0. The second-order valence-electron chi connectivity index (χ2n) is 4.92. The highest BCUT2D eigenvalue weighted by Gasteiger charge is 2.13. The molecule has 1 amide bonds. The van der Waals surface area contributed by atoms with Crippen molar-refractivity contribution >= 4 is 17.3 Å². The van der Waals surface area contributed by atoms with E-state index in [2.05, 4.69) is 5.32 Å². The first-order valence-electron chi connectivity index (χ1n) is 6.89. The number of rotatable bonds is 8. The number of amides is 1. The third kappa shape index (κ3) is 5.39. The molecule has 7 nitrogen and oxygen atoms in total. The standard InChI is InChI=1S/C14H22N4O3/c1-11(10-15)17(2)14(19)4-3-9-16-12-5-7-13(8-6-12)18(20)21/h5-8,11,16H,3-4,9-10,15H2,1-2H3. The number of hydrogen-bond acceptors (Lipinski definition) is 5. The number of likely N-dealkylation sites (N-methyl/N-ethyl adjacent to an activating group) is 1. The van der Waals surface area contributed by atoms with Crippen molar-refractivity contribution in [3.05, 3.63) is 34.4 Å². The Morgan fingerprint density at radius 3 is 2.57 bits per heavy atom. The summed E-state index contributed by atoms with van der Waals surface area (Å²) in [5.41, 5.74) is 6.39. The first kappa shape index (κ1) is 16.9. The molecule has 0 aliphatic heterocycles. The minimum atomic E-state index is -0.434. The van der Waals surface area contributed by atoms with Crippen LogP contribution < -0.4 is 11.1 Å². The van der Waals surface area contributed by atoms with Crippen molar-refractivity contribution < 1.29 is 9.72 Å². The first-order valence-corrected chi connectivity index (χ1v) is 6.89. The molecule has 0 radical (unpaired) electrons. The third-order valence-electron chi connectivity index (χ3n) is 3.37. The third-order valence-corrected chi connectivity index (χ3v) is 3.37. The number of nitrogens with two attached hydrogens (primary N) is 1. The summed E-state index contributed by atoms with van der Waals surface area (Å²) in [7, 11) is 1.75. The number of carbonyl (C=O) groups is 1. The lowest BCUT2D eigenvalue weighted by Crippen LogP contribution is -2.39. The van der Waals surface area contributed by atoms with Gasteiger partial charge < -0.3 is 16.0 Å². The predicted molar refractivity (Wildman–Crippen MR) is 82.1 cm³/mol. The summed E-state index contributed by atoms with van der Waals surface area (Å²) in [6.07, 6.45) is 1.14. The predicted octanol–water partition coefficient (Wildman–Crippen LogP) is 1.59. The van der Waals surface area contributed by atoms with Gasteiger partial charge in [0.1, 0.15) is 0 Å². The van der Waals surface area contributed by atoms with Crippen LogP contribution in [0.2, 0.25) is 0 Å². The Labute approximate surface area is 124 Å². The molecule has 1 unspecified atom stereocenters. The molecule has 0 aromatic heterocycles. The number of nitrogens with one attached hydrogen (secondary N) is 1. The second-order valence-corrected chi connectivity index (χ2v) is 4.92. The van der Waals surface area contributed by atoms with Gasteiger partial charge in [-0.2, -0.15) is 0 Å². The number of nitro benzene ring substituents is 1. The van der Waals surface area contributed by atoms with Crippen molar-refractivity contribution in [3.8, 4) is 0 Å². The second kappa shape index (κ2) is 8.21. The number of carbonyl (C=O) groups excluding carboxylic acids is 1. The number of nitrogens with zero attached hydrogens (tertiary/aromatic N) is 2. The number of hydrogen-bond donors (Lipinski definition) is 2. The van der Waals surface area contributed by atoms with E-state index in [-0.39, 0.29) is 17.6 Å². The van der Waals surface area contributed by atoms with Crippen molar-refractivity contribution in [2.75, 3.05) is 25.5 Å². The minimum absolute atomic E-state index is 0.0418. The van der Waals surface area contributed by atoms with E-state index in [1.807, 2.05) is 6.92 Å². The van der Waals surface area contributed by atoms with Crippen molar-refractivity contribution in [2.24, 2.45) is 5.73 Å². The van der Waals surface area contributed by atoms with Crippen LogP contribution in [0.5, 0.6) is 0 Å². The van der Waals surface area contributed by atoms with Gasteiger partial charge in [0.15, 0.2) is 0 Å². The molecule has 1 aromatic rings. The Balaban J connectivity index is 2.31. The zero-order valence-electron chi connectivity index (χ0n) is 12.4. The lowest BCUT2D eigenvalue weighted by Gasteiger charge is -2.23. The molecule has 1 rings (SSSR count). The van der Waals surface area contributed by atoms with Crippen LogP contribution in [0.4, 0.5) is 11.4 Å². The van der Waals surface area contributed by atoms with Gasteiger partial charge in [-0.3, -0.25) is 14.9 Å². The van der Waals surface area contributed by atoms with Gasteiger partial charge in [-0.1, -0.05) is 0 Å². The summed E-state index contributed by atoms with van der Waals surface area (Å²) in [5, 5.41) is 13.7. The number of non-ortho nitro benzene ring substituents is 1. The number of benzene rings is 1. The van der Waals surface area contributed by atoms with Gasteiger partial charge >= 0.3 is 0 Å². The van der Waals surface area contributed by atoms with E-state index in [0.717, 1.165) is 5.69 Å². The van der Waals surface area contributed by atoms with E-state index in [1.165, 1.54) is 12.1 Å². The van der Waals surface area contributed by atoms with E-state index < -0.39 is 4.92 Å². The molecule has 0 aliphatic rings. The van der Waals surface area contributed by atoms with Crippen molar-refractivity contribution in [1.29, 1.82) is 0 Å². The highest BCUT2D eigenvalue weighted by Crippen LogP contribution is 2.15. The van der Waals surface area contributed by atoms with E-state index in [9.17, 15) is 14.9 Å². The van der Waals surface area contributed by atoms with Gasteiger partial charge in [-0.25, -0.2) is 0 Å². The monoisotopic (exact) mass is 294 g/mol. The van der Waals surface area contributed by atoms with Gasteiger partial charge in [0.2, 0.25) is 5.91 Å². The van der Waals surface area contributed by atoms with E-state index in [1.54, 1.807) is 24.1 Å². The normalized spacial score (nSPS) is 11.8. The van der Waals surface area contributed by atoms with Crippen molar-refractivity contribution in [3.63, 3.8) is 0 Å². The highest BCUT2D eigenvalue weighted by molar-refractivity contribution is 5.76. The summed E-state index contributed by atoms with van der Waals surface area (Å²) in [4.78, 5) is 23.6. The Bertz CT molecular complexity index is 476. The van der Waals surface area contributed by atoms with E-state index >= 15 is 0 Å².